The van der Waals surface area contributed by atoms with Crippen LogP contribution < -0.4 is 15.6 Å². The van der Waals surface area contributed by atoms with Gasteiger partial charge in [-0.05, 0) is 24.8 Å². The smallest absolute Gasteiger partial charge is 0.352 e. The van der Waals surface area contributed by atoms with Gasteiger partial charge in [0.2, 0.25) is 0 Å². The predicted molar refractivity (Wildman–Crippen MR) is 128 cm³/mol. The topological polar surface area (TPSA) is 151 Å². The number of rotatable bonds is 7. The maximum atomic E-state index is 13.0. The molecule has 4 N–H and O–H groups in total. The van der Waals surface area contributed by atoms with Crippen LogP contribution in [0.4, 0.5) is 5.13 Å². The molecule has 2 atom stereocenters. The van der Waals surface area contributed by atoms with Gasteiger partial charge in [0.05, 0.1) is 0 Å². The van der Waals surface area contributed by atoms with E-state index in [1.165, 1.54) is 34.9 Å². The minimum atomic E-state index is -1.16. The molecule has 1 saturated heterocycles. The Bertz CT molecular complexity index is 1290. The summed E-state index contributed by atoms with van der Waals surface area (Å²) >= 11 is 2.56. The van der Waals surface area contributed by atoms with E-state index >= 15 is 0 Å². The molecule has 13 heteroatoms. The minimum Gasteiger partial charge on any atom is -0.477 e. The summed E-state index contributed by atoms with van der Waals surface area (Å²) in [4.78, 5) is 48.1. The summed E-state index contributed by atoms with van der Waals surface area (Å²) in [5, 5.41) is 17.6. The number of aliphatic carboxylic acids is 1. The summed E-state index contributed by atoms with van der Waals surface area (Å²) in [6.07, 6.45) is 7.23. The van der Waals surface area contributed by atoms with Crippen molar-refractivity contribution in [1.29, 1.82) is 0 Å². The molecule has 0 spiro atoms. The summed E-state index contributed by atoms with van der Waals surface area (Å²) in [5.74, 6) is -1.88. The number of anilines is 1. The molecule has 2 aromatic heterocycles. The minimum absolute atomic E-state index is 0.0182. The lowest BCUT2D eigenvalue weighted by Gasteiger charge is -2.49. The van der Waals surface area contributed by atoms with Crippen LogP contribution in [0.3, 0.4) is 0 Å². The van der Waals surface area contributed by atoms with Crippen molar-refractivity contribution in [3.05, 3.63) is 51.9 Å². The molecule has 2 amide bonds. The number of thiazole rings is 1. The number of carboxylic acids is 1. The molecule has 3 aliphatic rings. The monoisotopic (exact) mass is 515 g/mol. The number of hydrogen-bond donors (Lipinski definition) is 3. The lowest BCUT2D eigenvalue weighted by atomic mass is 10.0. The highest BCUT2D eigenvalue weighted by Gasteiger charge is 2.54. The average molecular weight is 516 g/mol. The van der Waals surface area contributed by atoms with Crippen molar-refractivity contribution >= 4 is 51.7 Å². The van der Waals surface area contributed by atoms with E-state index < -0.39 is 29.2 Å². The van der Waals surface area contributed by atoms with Crippen molar-refractivity contribution < 1.29 is 28.9 Å². The number of oxime groups is 1. The molecule has 0 bridgehead atoms. The SMILES string of the molecule is CO/N=C(\C(=O)N[C@@H]1C(=O)N2C(C(=O)O)=C(C[n+]3ccc4c(c3)CCC4)CS[C@H]12)c1csc(N)n1. The Morgan fingerprint density at radius 2 is 2.20 bits per heavy atom. The van der Waals surface area contributed by atoms with Crippen LogP contribution in [0.25, 0.3) is 0 Å². The maximum Gasteiger partial charge on any atom is 0.352 e. The Labute approximate surface area is 208 Å². The number of pyridine rings is 1. The number of aryl methyl sites for hydroxylation is 2. The van der Waals surface area contributed by atoms with Crippen LogP contribution in [-0.4, -0.2) is 62.8 Å². The molecule has 11 nitrogen and oxygen atoms in total. The molecule has 182 valence electrons. The third-order valence-electron chi connectivity index (χ3n) is 6.17. The van der Waals surface area contributed by atoms with Crippen LogP contribution in [0.15, 0.2) is 40.3 Å². The van der Waals surface area contributed by atoms with Gasteiger partial charge >= 0.3 is 5.97 Å². The zero-order valence-corrected chi connectivity index (χ0v) is 20.4. The molecule has 0 saturated carbocycles. The second-order valence-electron chi connectivity index (χ2n) is 8.33. The van der Waals surface area contributed by atoms with E-state index in [9.17, 15) is 19.5 Å². The largest absolute Gasteiger partial charge is 0.477 e. The first kappa shape index (κ1) is 23.3. The molecule has 0 unspecified atom stereocenters. The Morgan fingerprint density at radius 3 is 2.91 bits per heavy atom. The van der Waals surface area contributed by atoms with Crippen LogP contribution in [0.1, 0.15) is 23.2 Å². The number of fused-ring (bicyclic) bond motifs is 2. The maximum absolute atomic E-state index is 13.0. The number of nitrogens with one attached hydrogen (secondary N) is 1. The van der Waals surface area contributed by atoms with Gasteiger partial charge in [-0.15, -0.1) is 23.1 Å². The van der Waals surface area contributed by atoms with E-state index in [-0.39, 0.29) is 22.2 Å². The van der Waals surface area contributed by atoms with Crippen LogP contribution in [0.2, 0.25) is 0 Å². The van der Waals surface area contributed by atoms with Crippen LogP contribution >= 0.6 is 23.1 Å². The van der Waals surface area contributed by atoms with Crippen molar-refractivity contribution in [2.45, 2.75) is 37.2 Å². The number of amides is 2. The van der Waals surface area contributed by atoms with E-state index in [1.807, 2.05) is 10.8 Å². The number of carbonyl (C=O) groups is 3. The first-order valence-corrected chi connectivity index (χ1v) is 12.8. The highest BCUT2D eigenvalue weighted by molar-refractivity contribution is 8.00. The lowest BCUT2D eigenvalue weighted by molar-refractivity contribution is -0.689. The van der Waals surface area contributed by atoms with Crippen LogP contribution in [0, 0.1) is 0 Å². The van der Waals surface area contributed by atoms with Crippen molar-refractivity contribution in [3.63, 3.8) is 0 Å². The summed E-state index contributed by atoms with van der Waals surface area (Å²) in [6.45, 7) is 0.380. The first-order chi connectivity index (χ1) is 16.9. The molecule has 4 heterocycles. The summed E-state index contributed by atoms with van der Waals surface area (Å²) in [6, 6.07) is 1.19. The van der Waals surface area contributed by atoms with Gasteiger partial charge in [-0.1, -0.05) is 5.16 Å². The lowest BCUT2D eigenvalue weighted by Crippen LogP contribution is -2.71. The number of nitrogen functional groups attached to an aromatic ring is 1. The third kappa shape index (κ3) is 4.25. The fourth-order valence-electron chi connectivity index (χ4n) is 4.58. The number of hydrogen-bond acceptors (Lipinski definition) is 9. The summed E-state index contributed by atoms with van der Waals surface area (Å²) < 4.78 is 1.97. The van der Waals surface area contributed by atoms with Crippen molar-refractivity contribution in [2.75, 3.05) is 18.6 Å². The standard InChI is InChI=1S/C22H22N6O5S2/c1-33-26-15(14-10-35-22(23)24-14)18(29)25-16-19(30)28-17(21(31)32)13(9-34-20(16)28)8-27-6-5-11-3-2-4-12(11)7-27/h5-7,10,16,20H,2-4,8-9H2,1H3,(H3-,23,24,25,29,31,32)/p+1/b26-15-/t16-,20-/m1/s1. The van der Waals surface area contributed by atoms with Crippen molar-refractivity contribution in [1.82, 2.24) is 15.2 Å². The number of β-lactam (4-membered cyclic amide) rings is 1. The van der Waals surface area contributed by atoms with Gasteiger partial charge in [0.1, 0.15) is 29.9 Å². The van der Waals surface area contributed by atoms with E-state index in [1.54, 1.807) is 5.38 Å². The average Bonchev–Trinajstić information content (AvgIpc) is 3.48. The molecule has 5 rings (SSSR count). The fraction of sp³-hybridized carbons (Fsp3) is 0.364. The highest BCUT2D eigenvalue weighted by atomic mass is 32.2. The Morgan fingerprint density at radius 1 is 1.40 bits per heavy atom. The van der Waals surface area contributed by atoms with Gasteiger partial charge in [-0.25, -0.2) is 14.3 Å². The summed E-state index contributed by atoms with van der Waals surface area (Å²) in [7, 11) is 1.29. The number of nitrogens with two attached hydrogens (primary N) is 1. The van der Waals surface area contributed by atoms with Crippen LogP contribution in [0.5, 0.6) is 0 Å². The second-order valence-corrected chi connectivity index (χ2v) is 10.3. The van der Waals surface area contributed by atoms with Gasteiger partial charge in [0.25, 0.3) is 11.8 Å². The van der Waals surface area contributed by atoms with Gasteiger partial charge < -0.3 is 21.0 Å². The highest BCUT2D eigenvalue weighted by Crippen LogP contribution is 2.40. The normalized spacial score (nSPS) is 21.3. The third-order valence-corrected chi connectivity index (χ3v) is 8.18. The molecule has 1 aliphatic carbocycles. The van der Waals surface area contributed by atoms with Gasteiger partial charge in [0, 0.05) is 28.3 Å². The predicted octanol–water partition coefficient (Wildman–Crippen LogP) is 0.291. The van der Waals surface area contributed by atoms with E-state index in [0.717, 1.165) is 30.6 Å². The van der Waals surface area contributed by atoms with Gasteiger partial charge in [0.15, 0.2) is 29.8 Å². The van der Waals surface area contributed by atoms with Crippen molar-refractivity contribution in [3.8, 4) is 0 Å². The Balaban J connectivity index is 1.34. The molecular weight excluding hydrogens is 492 g/mol. The van der Waals surface area contributed by atoms with Crippen molar-refractivity contribution in [2.24, 2.45) is 5.16 Å². The Hall–Kier alpha value is -3.45. The molecule has 0 aromatic carbocycles. The molecule has 2 aromatic rings. The second kappa shape index (κ2) is 9.30. The van der Waals surface area contributed by atoms with Gasteiger partial charge in [-0.3, -0.25) is 14.5 Å². The molecule has 35 heavy (non-hydrogen) atoms. The molecule has 0 radical (unpaired) electrons. The summed E-state index contributed by atoms with van der Waals surface area (Å²) in [5.41, 5.74) is 9.01. The number of carbonyl (C=O) groups excluding carboxylic acids is 2. The fourth-order valence-corrected chi connectivity index (χ4v) is 6.47. The van der Waals surface area contributed by atoms with Crippen LogP contribution in [-0.2, 0) is 38.6 Å². The number of carboxylic acid groups (broad SMARTS) is 1. The molecule has 2 aliphatic heterocycles. The zero-order valence-electron chi connectivity index (χ0n) is 18.8. The van der Waals surface area contributed by atoms with E-state index in [4.69, 9.17) is 10.6 Å². The molecular formula is C22H23N6O5S2+. The number of aromatic nitrogens is 2. The Kier molecular flexibility index (Phi) is 6.19. The number of thioether (sulfide) groups is 1. The van der Waals surface area contributed by atoms with Gasteiger partial charge in [-0.2, -0.15) is 0 Å². The van der Waals surface area contributed by atoms with E-state index in [0.29, 0.717) is 17.9 Å². The zero-order chi connectivity index (χ0) is 24.7. The first-order valence-electron chi connectivity index (χ1n) is 10.9. The molecule has 1 fully saturated rings. The quantitative estimate of drug-likeness (QED) is 0.206. The number of nitrogens with zero attached hydrogens (tertiary/aromatic N) is 4. The van der Waals surface area contributed by atoms with E-state index in [2.05, 4.69) is 27.7 Å².